The van der Waals surface area contributed by atoms with Crippen LogP contribution >= 0.6 is 0 Å². The number of ether oxygens (including phenoxy) is 1. The molecule has 7 nitrogen and oxygen atoms in total. The molecule has 0 radical (unpaired) electrons. The summed E-state index contributed by atoms with van der Waals surface area (Å²) in [4.78, 5) is 30.6. The fourth-order valence-corrected chi connectivity index (χ4v) is 2.74. The van der Waals surface area contributed by atoms with E-state index in [1.54, 1.807) is 30.9 Å². The van der Waals surface area contributed by atoms with Crippen molar-refractivity contribution in [1.29, 1.82) is 0 Å². The Morgan fingerprint density at radius 3 is 2.65 bits per heavy atom. The number of carbonyl (C=O) groups is 2. The molecule has 0 bridgehead atoms. The van der Waals surface area contributed by atoms with E-state index in [2.05, 4.69) is 10.3 Å². The molecule has 0 saturated carbocycles. The second-order valence-corrected chi connectivity index (χ2v) is 6.04. The highest BCUT2D eigenvalue weighted by molar-refractivity contribution is 5.97. The lowest BCUT2D eigenvalue weighted by Crippen LogP contribution is -2.50. The van der Waals surface area contributed by atoms with Crippen molar-refractivity contribution < 1.29 is 23.1 Å². The van der Waals surface area contributed by atoms with Gasteiger partial charge in [0.25, 0.3) is 5.91 Å². The van der Waals surface area contributed by atoms with Gasteiger partial charge in [0.15, 0.2) is 5.69 Å². The van der Waals surface area contributed by atoms with Crippen LogP contribution in [0, 0.1) is 12.7 Å². The maximum atomic E-state index is 13.9. The van der Waals surface area contributed by atoms with Gasteiger partial charge in [0, 0.05) is 13.1 Å². The fourth-order valence-electron chi connectivity index (χ4n) is 2.74. The minimum atomic E-state index is -0.714. The van der Waals surface area contributed by atoms with Crippen LogP contribution in [0.3, 0.4) is 0 Å². The van der Waals surface area contributed by atoms with Crippen LogP contribution in [-0.4, -0.2) is 54.0 Å². The van der Waals surface area contributed by atoms with E-state index < -0.39 is 17.8 Å². The van der Waals surface area contributed by atoms with E-state index in [-0.39, 0.29) is 28.8 Å². The standard InChI is InChI=1S/C18H20FN3O4/c1-11(18(24)22-7-9-25-10-8-22)20-16(23)15-12(2)26-17(21-15)13-5-3-4-6-14(13)19/h3-6,11H,7-10H2,1-2H3,(H,20,23). The van der Waals surface area contributed by atoms with Gasteiger partial charge in [-0.1, -0.05) is 12.1 Å². The van der Waals surface area contributed by atoms with Gasteiger partial charge in [-0.15, -0.1) is 0 Å². The first-order valence-electron chi connectivity index (χ1n) is 8.37. The summed E-state index contributed by atoms with van der Waals surface area (Å²) in [7, 11) is 0. The zero-order chi connectivity index (χ0) is 18.7. The van der Waals surface area contributed by atoms with Crippen LogP contribution in [0.15, 0.2) is 28.7 Å². The lowest BCUT2D eigenvalue weighted by molar-refractivity contribution is -0.136. The van der Waals surface area contributed by atoms with Crippen molar-refractivity contribution in [1.82, 2.24) is 15.2 Å². The number of carbonyl (C=O) groups excluding carboxylic acids is 2. The summed E-state index contributed by atoms with van der Waals surface area (Å²) in [5.41, 5.74) is 0.206. The number of amides is 2. The normalized spacial score (nSPS) is 15.6. The van der Waals surface area contributed by atoms with Crippen LogP contribution in [0.4, 0.5) is 4.39 Å². The molecule has 2 aromatic rings. The van der Waals surface area contributed by atoms with Gasteiger partial charge in [0.2, 0.25) is 11.8 Å². The number of aromatic nitrogens is 1. The molecule has 1 N–H and O–H groups in total. The summed E-state index contributed by atoms with van der Waals surface area (Å²) in [5, 5.41) is 2.63. The summed E-state index contributed by atoms with van der Waals surface area (Å²) in [6, 6.07) is 5.31. The summed E-state index contributed by atoms with van der Waals surface area (Å²) in [6.45, 7) is 5.16. The Balaban J connectivity index is 1.72. The Morgan fingerprint density at radius 1 is 1.27 bits per heavy atom. The molecule has 1 saturated heterocycles. The summed E-state index contributed by atoms with van der Waals surface area (Å²) < 4.78 is 24.5. The molecule has 1 fully saturated rings. The Labute approximate surface area is 150 Å². The first-order chi connectivity index (χ1) is 12.5. The summed E-state index contributed by atoms with van der Waals surface area (Å²) in [6.07, 6.45) is 0. The number of aryl methyl sites for hydroxylation is 1. The number of nitrogens with one attached hydrogen (secondary N) is 1. The van der Waals surface area contributed by atoms with Crippen molar-refractivity contribution in [3.8, 4) is 11.5 Å². The van der Waals surface area contributed by atoms with Gasteiger partial charge in [-0.2, -0.15) is 0 Å². The molecular weight excluding hydrogens is 341 g/mol. The Morgan fingerprint density at radius 2 is 1.96 bits per heavy atom. The molecule has 1 aliphatic heterocycles. The van der Waals surface area contributed by atoms with Crippen molar-refractivity contribution in [2.45, 2.75) is 19.9 Å². The topological polar surface area (TPSA) is 84.7 Å². The monoisotopic (exact) mass is 361 g/mol. The fraction of sp³-hybridized carbons (Fsp3) is 0.389. The number of benzene rings is 1. The van der Waals surface area contributed by atoms with Crippen LogP contribution in [0.2, 0.25) is 0 Å². The van der Waals surface area contributed by atoms with E-state index in [1.165, 1.54) is 12.1 Å². The Bertz CT molecular complexity index is 815. The van der Waals surface area contributed by atoms with Gasteiger partial charge in [-0.25, -0.2) is 9.37 Å². The van der Waals surface area contributed by atoms with E-state index in [4.69, 9.17) is 9.15 Å². The Hall–Kier alpha value is -2.74. The van der Waals surface area contributed by atoms with Crippen LogP contribution < -0.4 is 5.32 Å². The molecule has 138 valence electrons. The van der Waals surface area contributed by atoms with Crippen molar-refractivity contribution >= 4 is 11.8 Å². The smallest absolute Gasteiger partial charge is 0.274 e. The summed E-state index contributed by atoms with van der Waals surface area (Å²) >= 11 is 0. The average molecular weight is 361 g/mol. The molecule has 1 aliphatic rings. The number of hydrogen-bond acceptors (Lipinski definition) is 5. The molecule has 1 aromatic carbocycles. The van der Waals surface area contributed by atoms with Crippen molar-refractivity contribution in [2.24, 2.45) is 0 Å². The number of rotatable bonds is 4. The molecule has 1 aromatic heterocycles. The third-order valence-electron chi connectivity index (χ3n) is 4.16. The van der Waals surface area contributed by atoms with Crippen molar-refractivity contribution in [3.63, 3.8) is 0 Å². The van der Waals surface area contributed by atoms with Crippen LogP contribution in [0.5, 0.6) is 0 Å². The molecule has 2 heterocycles. The number of hydrogen-bond donors (Lipinski definition) is 1. The van der Waals surface area contributed by atoms with Crippen LogP contribution in [0.25, 0.3) is 11.5 Å². The van der Waals surface area contributed by atoms with E-state index >= 15 is 0 Å². The maximum absolute atomic E-state index is 13.9. The van der Waals surface area contributed by atoms with E-state index in [0.717, 1.165) is 0 Å². The zero-order valence-corrected chi connectivity index (χ0v) is 14.6. The van der Waals surface area contributed by atoms with Crippen LogP contribution in [0.1, 0.15) is 23.2 Å². The van der Waals surface area contributed by atoms with Gasteiger partial charge in [-0.3, -0.25) is 9.59 Å². The minimum absolute atomic E-state index is 0.0258. The number of oxazole rings is 1. The quantitative estimate of drug-likeness (QED) is 0.897. The number of morpholine rings is 1. The summed E-state index contributed by atoms with van der Waals surface area (Å²) in [5.74, 6) is -0.929. The van der Waals surface area contributed by atoms with Gasteiger partial charge < -0.3 is 19.4 Å². The SMILES string of the molecule is Cc1oc(-c2ccccc2F)nc1C(=O)NC(C)C(=O)N1CCOCC1. The highest BCUT2D eigenvalue weighted by Gasteiger charge is 2.26. The highest BCUT2D eigenvalue weighted by Crippen LogP contribution is 2.24. The Kier molecular flexibility index (Phi) is 5.32. The zero-order valence-electron chi connectivity index (χ0n) is 14.6. The molecule has 1 unspecified atom stereocenters. The van der Waals surface area contributed by atoms with Crippen molar-refractivity contribution in [2.75, 3.05) is 26.3 Å². The first kappa shape index (κ1) is 18.1. The molecule has 0 aliphatic carbocycles. The largest absolute Gasteiger partial charge is 0.440 e. The van der Waals surface area contributed by atoms with Gasteiger partial charge >= 0.3 is 0 Å². The van der Waals surface area contributed by atoms with Gasteiger partial charge in [0.1, 0.15) is 17.6 Å². The second kappa shape index (κ2) is 7.65. The van der Waals surface area contributed by atoms with Crippen LogP contribution in [-0.2, 0) is 9.53 Å². The minimum Gasteiger partial charge on any atom is -0.440 e. The lowest BCUT2D eigenvalue weighted by Gasteiger charge is -2.29. The number of halogens is 1. The molecule has 26 heavy (non-hydrogen) atoms. The maximum Gasteiger partial charge on any atom is 0.274 e. The molecular formula is C18H20FN3O4. The third kappa shape index (κ3) is 3.75. The lowest BCUT2D eigenvalue weighted by atomic mass is 10.2. The molecule has 2 amide bonds. The van der Waals surface area contributed by atoms with E-state index in [9.17, 15) is 14.0 Å². The van der Waals surface area contributed by atoms with E-state index in [0.29, 0.717) is 26.3 Å². The molecule has 3 rings (SSSR count). The highest BCUT2D eigenvalue weighted by atomic mass is 19.1. The predicted molar refractivity (Wildman–Crippen MR) is 91.0 cm³/mol. The number of nitrogens with zero attached hydrogens (tertiary/aromatic N) is 2. The van der Waals surface area contributed by atoms with Crippen molar-refractivity contribution in [3.05, 3.63) is 41.5 Å². The molecule has 0 spiro atoms. The molecule has 8 heteroatoms. The average Bonchev–Trinajstić information content (AvgIpc) is 3.03. The third-order valence-corrected chi connectivity index (χ3v) is 4.16. The first-order valence-corrected chi connectivity index (χ1v) is 8.37. The second-order valence-electron chi connectivity index (χ2n) is 6.04. The van der Waals surface area contributed by atoms with Gasteiger partial charge in [0.05, 0.1) is 18.8 Å². The molecule has 1 atom stereocenters. The van der Waals surface area contributed by atoms with E-state index in [1.807, 2.05) is 0 Å². The predicted octanol–water partition coefficient (Wildman–Crippen LogP) is 1.77. The van der Waals surface area contributed by atoms with Gasteiger partial charge in [-0.05, 0) is 26.0 Å².